The summed E-state index contributed by atoms with van der Waals surface area (Å²) in [6.07, 6.45) is 1.61. The fourth-order valence-corrected chi connectivity index (χ4v) is 2.94. The van der Waals surface area contributed by atoms with Crippen molar-refractivity contribution >= 4 is 23.3 Å². The zero-order chi connectivity index (χ0) is 19.8. The van der Waals surface area contributed by atoms with Gasteiger partial charge in [-0.25, -0.2) is 9.97 Å². The number of aryl methyl sites for hydroxylation is 1. The van der Waals surface area contributed by atoms with Crippen molar-refractivity contribution in [2.24, 2.45) is 0 Å². The van der Waals surface area contributed by atoms with Crippen LogP contribution in [-0.2, 0) is 12.8 Å². The minimum absolute atomic E-state index is 0.192. The Morgan fingerprint density at radius 3 is 2.36 bits per heavy atom. The lowest BCUT2D eigenvalue weighted by atomic mass is 10.1. The lowest BCUT2D eigenvalue weighted by molar-refractivity contribution is 0.0949. The van der Waals surface area contributed by atoms with Crippen molar-refractivity contribution in [1.82, 2.24) is 15.3 Å². The second kappa shape index (κ2) is 9.85. The van der Waals surface area contributed by atoms with Gasteiger partial charge in [-0.3, -0.25) is 4.79 Å². The van der Waals surface area contributed by atoms with E-state index in [9.17, 15) is 4.79 Å². The second-order valence-corrected chi connectivity index (χ2v) is 6.92. The zero-order valence-electron chi connectivity index (χ0n) is 15.8. The molecule has 0 saturated carbocycles. The smallest absolute Gasteiger partial charge is 0.270 e. The van der Waals surface area contributed by atoms with Crippen LogP contribution < -0.4 is 10.6 Å². The molecule has 1 heterocycles. The van der Waals surface area contributed by atoms with Gasteiger partial charge >= 0.3 is 0 Å². The predicted octanol–water partition coefficient (Wildman–Crippen LogP) is 4.07. The maximum absolute atomic E-state index is 12.4. The van der Waals surface area contributed by atoms with Gasteiger partial charge in [0.2, 0.25) is 0 Å². The van der Waals surface area contributed by atoms with E-state index in [1.807, 2.05) is 54.6 Å². The molecule has 0 atom stereocenters. The number of amides is 1. The molecule has 0 spiro atoms. The van der Waals surface area contributed by atoms with E-state index in [0.29, 0.717) is 30.4 Å². The molecule has 1 amide bonds. The highest BCUT2D eigenvalue weighted by Crippen LogP contribution is 2.11. The van der Waals surface area contributed by atoms with Crippen LogP contribution in [0.1, 0.15) is 27.4 Å². The van der Waals surface area contributed by atoms with Crippen LogP contribution in [0.3, 0.4) is 0 Å². The number of nitrogens with one attached hydrogen (secondary N) is 2. The van der Waals surface area contributed by atoms with E-state index < -0.39 is 0 Å². The molecule has 3 rings (SSSR count). The third-order valence-corrected chi connectivity index (χ3v) is 4.50. The van der Waals surface area contributed by atoms with Crippen molar-refractivity contribution in [1.29, 1.82) is 0 Å². The first-order chi connectivity index (χ1) is 13.6. The Morgan fingerprint density at radius 1 is 0.929 bits per heavy atom. The lowest BCUT2D eigenvalue weighted by Gasteiger charge is -2.09. The average Bonchev–Trinajstić information content (AvgIpc) is 2.70. The maximum Gasteiger partial charge on any atom is 0.270 e. The number of aromatic nitrogens is 2. The highest BCUT2D eigenvalue weighted by atomic mass is 35.5. The predicted molar refractivity (Wildman–Crippen MR) is 113 cm³/mol. The van der Waals surface area contributed by atoms with Gasteiger partial charge < -0.3 is 10.6 Å². The Labute approximate surface area is 170 Å². The van der Waals surface area contributed by atoms with Crippen LogP contribution in [0.4, 0.5) is 5.82 Å². The van der Waals surface area contributed by atoms with Crippen LogP contribution in [0, 0.1) is 6.92 Å². The maximum atomic E-state index is 12.4. The summed E-state index contributed by atoms with van der Waals surface area (Å²) in [4.78, 5) is 21.0. The quantitative estimate of drug-likeness (QED) is 0.604. The van der Waals surface area contributed by atoms with Crippen molar-refractivity contribution < 1.29 is 4.79 Å². The number of hydrogen-bond donors (Lipinski definition) is 2. The minimum atomic E-state index is -0.192. The molecule has 0 saturated heterocycles. The number of anilines is 1. The second-order valence-electron chi connectivity index (χ2n) is 6.48. The molecule has 2 N–H and O–H groups in total. The third-order valence-electron chi connectivity index (χ3n) is 4.25. The zero-order valence-corrected chi connectivity index (χ0v) is 16.5. The summed E-state index contributed by atoms with van der Waals surface area (Å²) in [5.41, 5.74) is 2.74. The number of carbonyl (C=O) groups is 1. The van der Waals surface area contributed by atoms with Gasteiger partial charge in [-0.2, -0.15) is 0 Å². The molecule has 0 aliphatic rings. The van der Waals surface area contributed by atoms with Gasteiger partial charge in [-0.15, -0.1) is 0 Å². The van der Waals surface area contributed by atoms with E-state index in [4.69, 9.17) is 11.6 Å². The summed E-state index contributed by atoms with van der Waals surface area (Å²) in [5, 5.41) is 6.91. The number of nitrogens with zero attached hydrogens (tertiary/aromatic N) is 2. The Bertz CT molecular complexity index is 914. The molecular formula is C22H23ClN4O. The molecule has 2 aromatic carbocycles. The van der Waals surface area contributed by atoms with Crippen LogP contribution in [0.25, 0.3) is 0 Å². The molecule has 3 aromatic rings. The van der Waals surface area contributed by atoms with Crippen LogP contribution in [0.5, 0.6) is 0 Å². The Kier molecular flexibility index (Phi) is 6.98. The van der Waals surface area contributed by atoms with Crippen molar-refractivity contribution in [2.45, 2.75) is 19.8 Å². The first-order valence-electron chi connectivity index (χ1n) is 9.26. The van der Waals surface area contributed by atoms with Crippen molar-refractivity contribution in [2.75, 3.05) is 18.4 Å². The Balaban J connectivity index is 1.52. The standard InChI is InChI=1S/C22H23ClN4O/c1-16-26-20(22(28)25-14-12-17-5-3-2-4-6-17)15-21(27-16)24-13-11-18-7-9-19(23)10-8-18/h2-10,15H,11-14H2,1H3,(H,25,28)(H,24,26,27). The fourth-order valence-electron chi connectivity index (χ4n) is 2.82. The van der Waals surface area contributed by atoms with Gasteiger partial charge in [0, 0.05) is 24.2 Å². The van der Waals surface area contributed by atoms with Gasteiger partial charge in [0.25, 0.3) is 5.91 Å². The molecule has 1 aromatic heterocycles. The molecule has 0 unspecified atom stereocenters. The average molecular weight is 395 g/mol. The number of benzene rings is 2. The van der Waals surface area contributed by atoms with Gasteiger partial charge in [0.15, 0.2) is 0 Å². The first-order valence-corrected chi connectivity index (χ1v) is 9.64. The van der Waals surface area contributed by atoms with E-state index in [1.165, 1.54) is 11.1 Å². The van der Waals surface area contributed by atoms with Crippen LogP contribution in [-0.4, -0.2) is 29.0 Å². The third kappa shape index (κ3) is 6.06. The van der Waals surface area contributed by atoms with Gasteiger partial charge in [-0.1, -0.05) is 54.1 Å². The molecule has 28 heavy (non-hydrogen) atoms. The lowest BCUT2D eigenvalue weighted by Crippen LogP contribution is -2.27. The van der Waals surface area contributed by atoms with Crippen molar-refractivity contribution in [3.63, 3.8) is 0 Å². The number of halogens is 1. The van der Waals surface area contributed by atoms with Gasteiger partial charge in [0.1, 0.15) is 17.3 Å². The monoisotopic (exact) mass is 394 g/mol. The van der Waals surface area contributed by atoms with E-state index >= 15 is 0 Å². The summed E-state index contributed by atoms with van der Waals surface area (Å²) in [6.45, 7) is 3.05. The summed E-state index contributed by atoms with van der Waals surface area (Å²) in [6, 6.07) is 19.5. The summed E-state index contributed by atoms with van der Waals surface area (Å²) >= 11 is 5.91. The Hall–Kier alpha value is -2.92. The molecule has 0 aliphatic carbocycles. The molecule has 0 aliphatic heterocycles. The van der Waals surface area contributed by atoms with E-state index in [1.54, 1.807) is 13.0 Å². The molecule has 0 fully saturated rings. The molecule has 144 valence electrons. The van der Waals surface area contributed by atoms with Crippen molar-refractivity contribution in [3.8, 4) is 0 Å². The fraction of sp³-hybridized carbons (Fsp3) is 0.227. The van der Waals surface area contributed by atoms with Crippen LogP contribution in [0.2, 0.25) is 5.02 Å². The first kappa shape index (κ1) is 19.8. The van der Waals surface area contributed by atoms with E-state index in [-0.39, 0.29) is 5.91 Å². The summed E-state index contributed by atoms with van der Waals surface area (Å²) in [5.74, 6) is 1.02. The van der Waals surface area contributed by atoms with E-state index in [0.717, 1.165) is 17.9 Å². The van der Waals surface area contributed by atoms with Gasteiger partial charge in [-0.05, 0) is 43.0 Å². The highest BCUT2D eigenvalue weighted by Gasteiger charge is 2.10. The molecule has 0 radical (unpaired) electrons. The topological polar surface area (TPSA) is 66.9 Å². The number of hydrogen-bond acceptors (Lipinski definition) is 4. The minimum Gasteiger partial charge on any atom is -0.370 e. The molecular weight excluding hydrogens is 372 g/mol. The largest absolute Gasteiger partial charge is 0.370 e. The number of carbonyl (C=O) groups excluding carboxylic acids is 1. The normalized spacial score (nSPS) is 10.5. The number of rotatable bonds is 8. The SMILES string of the molecule is Cc1nc(NCCc2ccc(Cl)cc2)cc(C(=O)NCCc2ccccc2)n1. The van der Waals surface area contributed by atoms with Gasteiger partial charge in [0.05, 0.1) is 0 Å². The molecule has 0 bridgehead atoms. The van der Waals surface area contributed by atoms with Crippen LogP contribution >= 0.6 is 11.6 Å². The highest BCUT2D eigenvalue weighted by molar-refractivity contribution is 6.30. The molecule has 6 heteroatoms. The summed E-state index contributed by atoms with van der Waals surface area (Å²) in [7, 11) is 0. The van der Waals surface area contributed by atoms with Crippen LogP contribution in [0.15, 0.2) is 60.7 Å². The van der Waals surface area contributed by atoms with Crippen molar-refractivity contribution in [3.05, 3.63) is 88.3 Å². The Morgan fingerprint density at radius 2 is 1.61 bits per heavy atom. The summed E-state index contributed by atoms with van der Waals surface area (Å²) < 4.78 is 0. The van der Waals surface area contributed by atoms with E-state index in [2.05, 4.69) is 20.6 Å². The molecule has 5 nitrogen and oxygen atoms in total.